The van der Waals surface area contributed by atoms with E-state index in [1.165, 1.54) is 302 Å². The van der Waals surface area contributed by atoms with Crippen LogP contribution in [0.5, 0.6) is 0 Å². The molecule has 0 aromatic carbocycles. The highest BCUT2D eigenvalue weighted by Gasteiger charge is 2.16. The minimum absolute atomic E-state index is 0.0617. The molecular weight excluding hydrogens is 981 g/mol. The lowest BCUT2D eigenvalue weighted by molar-refractivity contribution is -0.161. The number of carbonyl (C=O) groups is 2. The lowest BCUT2D eigenvalue weighted by Crippen LogP contribution is -2.28. The zero-order valence-corrected chi connectivity index (χ0v) is 53.9. The molecule has 0 aliphatic carbocycles. The smallest absolute Gasteiger partial charge is 0.306 e. The highest BCUT2D eigenvalue weighted by molar-refractivity contribution is 5.70. The maximum Gasteiger partial charge on any atom is 0.306 e. The van der Waals surface area contributed by atoms with Gasteiger partial charge in [0, 0.05) is 12.8 Å². The molecule has 1 atom stereocenters. The predicted molar refractivity (Wildman–Crippen MR) is 353 cm³/mol. The number of unbranched alkanes of at least 4 members (excludes halogenated alkanes) is 49. The van der Waals surface area contributed by atoms with Crippen molar-refractivity contribution in [2.75, 3.05) is 13.2 Å². The number of rotatable bonds is 67. The molecule has 0 rings (SSSR count). The highest BCUT2D eigenvalue weighted by atomic mass is 16.6. The van der Waals surface area contributed by atoms with Crippen molar-refractivity contribution in [2.24, 2.45) is 0 Å². The predicted octanol–water partition coefficient (Wildman–Crippen LogP) is 24.9. The first-order valence-corrected chi connectivity index (χ1v) is 35.8. The van der Waals surface area contributed by atoms with Crippen molar-refractivity contribution >= 4 is 11.9 Å². The van der Waals surface area contributed by atoms with E-state index in [0.29, 0.717) is 12.8 Å². The van der Waals surface area contributed by atoms with Gasteiger partial charge in [0.2, 0.25) is 0 Å². The minimum atomic E-state index is -0.773. The summed E-state index contributed by atoms with van der Waals surface area (Å²) in [6.45, 7) is 4.17. The number of esters is 2. The molecule has 0 amide bonds. The molecule has 0 bridgehead atoms. The van der Waals surface area contributed by atoms with Gasteiger partial charge in [0.05, 0.1) is 6.61 Å². The average Bonchev–Trinajstić information content (AvgIpc) is 3.46. The van der Waals surface area contributed by atoms with Gasteiger partial charge >= 0.3 is 11.9 Å². The topological polar surface area (TPSA) is 72.8 Å². The van der Waals surface area contributed by atoms with E-state index in [0.717, 1.165) is 57.8 Å². The van der Waals surface area contributed by atoms with Gasteiger partial charge in [0.25, 0.3) is 0 Å². The molecule has 468 valence electrons. The number of aliphatic hydroxyl groups excluding tert-OH is 1. The number of hydrogen-bond acceptors (Lipinski definition) is 5. The molecule has 5 heteroatoms. The maximum absolute atomic E-state index is 12.4. The van der Waals surface area contributed by atoms with E-state index in [1.54, 1.807) is 0 Å². The van der Waals surface area contributed by atoms with Gasteiger partial charge in [-0.1, -0.05) is 351 Å². The molecule has 1 N–H and O–H groups in total. The second-order valence-corrected chi connectivity index (χ2v) is 24.3. The Kier molecular flexibility index (Phi) is 68.7. The second kappa shape index (κ2) is 70.9. The molecule has 0 aliphatic rings. The molecule has 0 radical (unpaired) electrons. The van der Waals surface area contributed by atoms with Crippen LogP contribution in [-0.2, 0) is 19.1 Å². The van der Waals surface area contributed by atoms with E-state index in [9.17, 15) is 14.7 Å². The van der Waals surface area contributed by atoms with E-state index in [2.05, 4.69) is 74.6 Å². The molecule has 0 spiro atoms. The third kappa shape index (κ3) is 68.1. The summed E-state index contributed by atoms with van der Waals surface area (Å²) in [6, 6.07) is 0. The van der Waals surface area contributed by atoms with Crippen LogP contribution in [0.15, 0.2) is 60.8 Å². The van der Waals surface area contributed by atoms with Crippen molar-refractivity contribution in [3.05, 3.63) is 60.8 Å². The van der Waals surface area contributed by atoms with Crippen molar-refractivity contribution in [2.45, 2.75) is 392 Å². The van der Waals surface area contributed by atoms with Gasteiger partial charge in [-0.3, -0.25) is 9.59 Å². The van der Waals surface area contributed by atoms with E-state index in [-0.39, 0.29) is 25.2 Å². The first-order chi connectivity index (χ1) is 39.6. The molecule has 0 aromatic rings. The van der Waals surface area contributed by atoms with E-state index < -0.39 is 6.10 Å². The van der Waals surface area contributed by atoms with Gasteiger partial charge in [-0.15, -0.1) is 0 Å². The van der Waals surface area contributed by atoms with Crippen LogP contribution >= 0.6 is 0 Å². The normalized spacial score (nSPS) is 12.5. The lowest BCUT2D eigenvalue weighted by atomic mass is 10.0. The zero-order valence-electron chi connectivity index (χ0n) is 53.9. The van der Waals surface area contributed by atoms with Gasteiger partial charge < -0.3 is 14.6 Å². The molecule has 0 fully saturated rings. The van der Waals surface area contributed by atoms with Crippen LogP contribution in [0.1, 0.15) is 386 Å². The monoisotopic (exact) mass is 1120 g/mol. The van der Waals surface area contributed by atoms with Crippen LogP contribution in [0.25, 0.3) is 0 Å². The second-order valence-electron chi connectivity index (χ2n) is 24.3. The zero-order chi connectivity index (χ0) is 57.6. The SMILES string of the molecule is CCCCCCC/C=C\C/C=C\C/C=C\CCCCCCCCCCCCCCCCCCC(=O)OC(CO)COC(=O)CCCCCCCCCCCCCCCCCCCCCCCCC/C=C\C/C=C\CCCCCCC. The van der Waals surface area contributed by atoms with Gasteiger partial charge in [-0.05, 0) is 83.5 Å². The molecule has 1 unspecified atom stereocenters. The number of aliphatic hydroxyl groups is 1. The molecule has 0 heterocycles. The molecule has 0 saturated heterocycles. The van der Waals surface area contributed by atoms with Gasteiger partial charge in [0.1, 0.15) is 6.61 Å². The first-order valence-electron chi connectivity index (χ1n) is 35.8. The van der Waals surface area contributed by atoms with Gasteiger partial charge in [-0.25, -0.2) is 0 Å². The van der Waals surface area contributed by atoms with Crippen LogP contribution in [-0.4, -0.2) is 36.4 Å². The molecule has 80 heavy (non-hydrogen) atoms. The summed E-state index contributed by atoms with van der Waals surface area (Å²) >= 11 is 0. The average molecular weight is 1120 g/mol. The Morgan fingerprint density at radius 1 is 0.287 bits per heavy atom. The fourth-order valence-corrected chi connectivity index (χ4v) is 10.9. The first kappa shape index (κ1) is 77.6. The van der Waals surface area contributed by atoms with Crippen LogP contribution in [0, 0.1) is 0 Å². The number of ether oxygens (including phenoxy) is 2. The largest absolute Gasteiger partial charge is 0.462 e. The van der Waals surface area contributed by atoms with Gasteiger partial charge in [0.15, 0.2) is 6.10 Å². The Labute approximate surface area is 500 Å². The number of hydrogen-bond donors (Lipinski definition) is 1. The fraction of sp³-hybridized carbons (Fsp3) is 0.840. The van der Waals surface area contributed by atoms with Crippen molar-refractivity contribution in [3.63, 3.8) is 0 Å². The Morgan fingerprint density at radius 2 is 0.500 bits per heavy atom. The van der Waals surface area contributed by atoms with Crippen LogP contribution in [0.3, 0.4) is 0 Å². The quantitative estimate of drug-likeness (QED) is 0.0373. The molecule has 0 saturated carbocycles. The molecule has 0 aromatic heterocycles. The fourth-order valence-electron chi connectivity index (χ4n) is 10.9. The summed E-state index contributed by atoms with van der Waals surface area (Å²) in [4.78, 5) is 24.7. The molecular formula is C75H138O5. The third-order valence-corrected chi connectivity index (χ3v) is 16.3. The Balaban J connectivity index is 3.40. The van der Waals surface area contributed by atoms with Gasteiger partial charge in [-0.2, -0.15) is 0 Å². The molecule has 0 aliphatic heterocycles. The summed E-state index contributed by atoms with van der Waals surface area (Å²) in [5.41, 5.74) is 0. The van der Waals surface area contributed by atoms with Crippen LogP contribution in [0.2, 0.25) is 0 Å². The van der Waals surface area contributed by atoms with Crippen LogP contribution in [0.4, 0.5) is 0 Å². The van der Waals surface area contributed by atoms with Crippen molar-refractivity contribution in [3.8, 4) is 0 Å². The Bertz CT molecular complexity index is 1360. The Hall–Kier alpha value is -2.40. The summed E-state index contributed by atoms with van der Waals surface area (Å²) in [5.74, 6) is -0.570. The molecule has 5 nitrogen and oxygen atoms in total. The van der Waals surface area contributed by atoms with E-state index in [4.69, 9.17) is 9.47 Å². The van der Waals surface area contributed by atoms with Crippen molar-refractivity contribution < 1.29 is 24.2 Å². The Morgan fingerprint density at radius 3 is 0.750 bits per heavy atom. The maximum atomic E-state index is 12.4. The highest BCUT2D eigenvalue weighted by Crippen LogP contribution is 2.19. The minimum Gasteiger partial charge on any atom is -0.462 e. The summed E-state index contributed by atoms with van der Waals surface area (Å²) in [5, 5.41) is 9.71. The standard InChI is InChI=1S/C75H138O5/c1-3-5-7-9-11-13-15-17-19-21-23-25-27-29-31-33-35-36-37-38-40-41-43-45-47-49-51-53-55-57-59-61-63-65-67-69-74(77)79-72-73(71-76)80-75(78)70-68-66-64-62-60-58-56-54-52-50-48-46-44-42-39-34-32-30-28-26-24-22-20-18-16-14-12-10-8-6-4-2/h15-18,21-24,28,30,73,76H,3-14,19-20,25-27,29,31-72H2,1-2H3/b17-15-,18-16-,23-21-,24-22-,30-28-. The van der Waals surface area contributed by atoms with E-state index >= 15 is 0 Å². The van der Waals surface area contributed by atoms with E-state index in [1.807, 2.05) is 0 Å². The summed E-state index contributed by atoms with van der Waals surface area (Å²) < 4.78 is 10.8. The summed E-state index contributed by atoms with van der Waals surface area (Å²) in [6.07, 6.45) is 96.9. The lowest BCUT2D eigenvalue weighted by Gasteiger charge is -2.15. The summed E-state index contributed by atoms with van der Waals surface area (Å²) in [7, 11) is 0. The number of carbonyl (C=O) groups excluding carboxylic acids is 2. The van der Waals surface area contributed by atoms with Crippen molar-refractivity contribution in [1.29, 1.82) is 0 Å². The van der Waals surface area contributed by atoms with Crippen molar-refractivity contribution in [1.82, 2.24) is 0 Å². The third-order valence-electron chi connectivity index (χ3n) is 16.3. The number of allylic oxidation sites excluding steroid dienone is 10. The van der Waals surface area contributed by atoms with Crippen LogP contribution < -0.4 is 0 Å².